The molecule has 0 saturated carbocycles. The van der Waals surface area contributed by atoms with Crippen molar-refractivity contribution in [3.05, 3.63) is 48.0 Å². The van der Waals surface area contributed by atoms with Crippen molar-refractivity contribution in [3.63, 3.8) is 0 Å². The summed E-state index contributed by atoms with van der Waals surface area (Å²) in [7, 11) is 0. The Morgan fingerprint density at radius 1 is 1.20 bits per heavy atom. The second-order valence-electron chi connectivity index (χ2n) is 3.77. The Hall–Kier alpha value is -2.96. The molecule has 2 rings (SSSR count). The first-order valence-corrected chi connectivity index (χ1v) is 5.55. The summed E-state index contributed by atoms with van der Waals surface area (Å²) in [5, 5.41) is 3.50. The fourth-order valence-corrected chi connectivity index (χ4v) is 1.40. The number of halogens is 1. The number of hydrazone groups is 1. The van der Waals surface area contributed by atoms with Gasteiger partial charge in [0.25, 0.3) is 0 Å². The van der Waals surface area contributed by atoms with E-state index in [1.165, 1.54) is 18.3 Å². The summed E-state index contributed by atoms with van der Waals surface area (Å²) in [5.74, 6) is -1.61. The minimum Gasteiger partial charge on any atom is -0.455 e. The highest BCUT2D eigenvalue weighted by Crippen LogP contribution is 2.21. The molecule has 0 spiro atoms. The average Bonchev–Trinajstić information content (AvgIpc) is 2.88. The number of carbonyl (C=O) groups excluding carboxylic acids is 2. The second-order valence-corrected chi connectivity index (χ2v) is 3.77. The van der Waals surface area contributed by atoms with Crippen LogP contribution >= 0.6 is 0 Å². The minimum absolute atomic E-state index is 0.337. The first kappa shape index (κ1) is 13.5. The zero-order chi connectivity index (χ0) is 14.5. The van der Waals surface area contributed by atoms with Crippen molar-refractivity contribution < 1.29 is 18.4 Å². The Morgan fingerprint density at radius 3 is 2.55 bits per heavy atom. The zero-order valence-corrected chi connectivity index (χ0v) is 10.2. The predicted molar refractivity (Wildman–Crippen MR) is 69.0 cm³/mol. The molecule has 102 valence electrons. The number of rotatable bonds is 3. The van der Waals surface area contributed by atoms with Gasteiger partial charge in [0.1, 0.15) is 17.3 Å². The molecule has 2 amide bonds. The zero-order valence-electron chi connectivity index (χ0n) is 10.2. The molecular formula is C13H10FN3O3. The van der Waals surface area contributed by atoms with Crippen molar-refractivity contribution in [1.29, 1.82) is 0 Å². The number of nitrogens with one attached hydrogen (secondary N) is 1. The Morgan fingerprint density at radius 2 is 1.90 bits per heavy atom. The van der Waals surface area contributed by atoms with Gasteiger partial charge in [0.2, 0.25) is 0 Å². The van der Waals surface area contributed by atoms with Crippen LogP contribution in [-0.4, -0.2) is 18.0 Å². The number of nitrogens with zero attached hydrogens (tertiary/aromatic N) is 1. The molecule has 0 aliphatic carbocycles. The topological polar surface area (TPSA) is 97.7 Å². The molecule has 1 aromatic carbocycles. The maximum atomic E-state index is 12.8. The van der Waals surface area contributed by atoms with Crippen LogP contribution in [0.15, 0.2) is 45.9 Å². The van der Waals surface area contributed by atoms with Crippen LogP contribution in [0.4, 0.5) is 4.39 Å². The summed E-state index contributed by atoms with van der Waals surface area (Å²) >= 11 is 0. The van der Waals surface area contributed by atoms with Crippen LogP contribution < -0.4 is 11.2 Å². The molecule has 2 aromatic rings. The van der Waals surface area contributed by atoms with E-state index in [2.05, 4.69) is 5.10 Å². The molecular weight excluding hydrogens is 265 g/mol. The van der Waals surface area contributed by atoms with Gasteiger partial charge in [-0.2, -0.15) is 5.10 Å². The number of hydrogen-bond donors (Lipinski definition) is 2. The lowest BCUT2D eigenvalue weighted by molar-refractivity contribution is -0.137. The number of carbonyl (C=O) groups is 2. The van der Waals surface area contributed by atoms with Crippen LogP contribution in [0.5, 0.6) is 0 Å². The molecule has 1 aromatic heterocycles. The molecule has 3 N–H and O–H groups in total. The van der Waals surface area contributed by atoms with E-state index in [1.54, 1.807) is 24.3 Å². The van der Waals surface area contributed by atoms with Gasteiger partial charge in [-0.1, -0.05) is 0 Å². The van der Waals surface area contributed by atoms with Crippen LogP contribution in [0, 0.1) is 5.82 Å². The molecule has 0 radical (unpaired) electrons. The molecule has 7 heteroatoms. The molecule has 20 heavy (non-hydrogen) atoms. The van der Waals surface area contributed by atoms with Gasteiger partial charge in [0.15, 0.2) is 0 Å². The Labute approximate surface area is 113 Å². The highest BCUT2D eigenvalue weighted by molar-refractivity contribution is 6.34. The summed E-state index contributed by atoms with van der Waals surface area (Å²) in [6.45, 7) is 0. The number of benzene rings is 1. The minimum atomic E-state index is -1.13. The van der Waals surface area contributed by atoms with Gasteiger partial charge in [-0.15, -0.1) is 0 Å². The van der Waals surface area contributed by atoms with E-state index in [4.69, 9.17) is 10.2 Å². The molecule has 0 unspecified atom stereocenters. The number of hydrogen-bond acceptors (Lipinski definition) is 4. The van der Waals surface area contributed by atoms with Crippen LogP contribution in [0.1, 0.15) is 5.76 Å². The molecule has 0 aliphatic heterocycles. The van der Waals surface area contributed by atoms with Gasteiger partial charge in [0.05, 0.1) is 6.21 Å². The third kappa shape index (κ3) is 3.29. The van der Waals surface area contributed by atoms with E-state index in [0.29, 0.717) is 17.1 Å². The highest BCUT2D eigenvalue weighted by Gasteiger charge is 2.06. The number of nitrogens with two attached hydrogens (primary N) is 1. The van der Waals surface area contributed by atoms with E-state index >= 15 is 0 Å². The summed E-state index contributed by atoms with van der Waals surface area (Å²) in [4.78, 5) is 21.3. The van der Waals surface area contributed by atoms with Gasteiger partial charge >= 0.3 is 11.8 Å². The van der Waals surface area contributed by atoms with Crippen molar-refractivity contribution in [2.75, 3.05) is 0 Å². The van der Waals surface area contributed by atoms with Crippen molar-refractivity contribution in [3.8, 4) is 11.3 Å². The van der Waals surface area contributed by atoms with Gasteiger partial charge < -0.3 is 10.2 Å². The fourth-order valence-electron chi connectivity index (χ4n) is 1.40. The standard InChI is InChI=1S/C13H10FN3O3/c14-9-3-1-8(2-4-9)11-6-5-10(20-11)7-16-17-13(19)12(15)18/h1-7H,(H2,15,18)(H,17,19)/b16-7+. The van der Waals surface area contributed by atoms with E-state index < -0.39 is 11.8 Å². The third-order valence-electron chi connectivity index (χ3n) is 2.34. The normalized spacial score (nSPS) is 10.7. The first-order valence-electron chi connectivity index (χ1n) is 5.55. The van der Waals surface area contributed by atoms with E-state index in [-0.39, 0.29) is 5.82 Å². The van der Waals surface area contributed by atoms with E-state index in [9.17, 15) is 14.0 Å². The lowest BCUT2D eigenvalue weighted by Gasteiger charge is -1.96. The second kappa shape index (κ2) is 5.79. The monoisotopic (exact) mass is 275 g/mol. The third-order valence-corrected chi connectivity index (χ3v) is 2.34. The number of furan rings is 1. The van der Waals surface area contributed by atoms with Gasteiger partial charge in [0, 0.05) is 5.56 Å². The Kier molecular flexibility index (Phi) is 3.90. The molecule has 0 saturated heterocycles. The number of amides is 2. The molecule has 0 aliphatic rings. The average molecular weight is 275 g/mol. The smallest absolute Gasteiger partial charge is 0.329 e. The maximum Gasteiger partial charge on any atom is 0.329 e. The van der Waals surface area contributed by atoms with Crippen molar-refractivity contribution in [2.24, 2.45) is 10.8 Å². The first-order chi connectivity index (χ1) is 9.56. The fraction of sp³-hybridized carbons (Fsp3) is 0. The van der Waals surface area contributed by atoms with Crippen molar-refractivity contribution >= 4 is 18.0 Å². The molecule has 1 heterocycles. The summed E-state index contributed by atoms with van der Waals surface area (Å²) < 4.78 is 18.2. The lowest BCUT2D eigenvalue weighted by atomic mass is 10.2. The van der Waals surface area contributed by atoms with E-state index in [1.807, 2.05) is 5.43 Å². The Balaban J connectivity index is 2.06. The highest BCUT2D eigenvalue weighted by atomic mass is 19.1. The van der Waals surface area contributed by atoms with E-state index in [0.717, 1.165) is 0 Å². The summed E-state index contributed by atoms with van der Waals surface area (Å²) in [6.07, 6.45) is 1.22. The van der Waals surface area contributed by atoms with Gasteiger partial charge in [-0.05, 0) is 36.4 Å². The van der Waals surface area contributed by atoms with Gasteiger partial charge in [-0.25, -0.2) is 9.82 Å². The van der Waals surface area contributed by atoms with Crippen LogP contribution in [0.2, 0.25) is 0 Å². The van der Waals surface area contributed by atoms with Crippen LogP contribution in [0.25, 0.3) is 11.3 Å². The molecule has 0 fully saturated rings. The lowest BCUT2D eigenvalue weighted by Crippen LogP contribution is -2.32. The predicted octanol–water partition coefficient (Wildman–Crippen LogP) is 1.02. The van der Waals surface area contributed by atoms with Crippen LogP contribution in [-0.2, 0) is 9.59 Å². The molecule has 0 atom stereocenters. The molecule has 6 nitrogen and oxygen atoms in total. The van der Waals surface area contributed by atoms with Crippen LogP contribution in [0.3, 0.4) is 0 Å². The summed E-state index contributed by atoms with van der Waals surface area (Å²) in [6, 6.07) is 9.06. The summed E-state index contributed by atoms with van der Waals surface area (Å²) in [5.41, 5.74) is 7.36. The van der Waals surface area contributed by atoms with Crippen molar-refractivity contribution in [2.45, 2.75) is 0 Å². The van der Waals surface area contributed by atoms with Gasteiger partial charge in [-0.3, -0.25) is 9.59 Å². The maximum absolute atomic E-state index is 12.8. The van der Waals surface area contributed by atoms with Crippen molar-refractivity contribution in [1.82, 2.24) is 5.43 Å². The molecule has 0 bridgehead atoms. The number of primary amides is 1. The SMILES string of the molecule is NC(=O)C(=O)N/N=C/c1ccc(-c2ccc(F)cc2)o1. The largest absolute Gasteiger partial charge is 0.455 e. The quantitative estimate of drug-likeness (QED) is 0.497. The Bertz CT molecular complexity index is 662.